The van der Waals surface area contributed by atoms with E-state index in [4.69, 9.17) is 4.99 Å². The maximum Gasteiger partial charge on any atom is 0.227 e. The Balaban J connectivity index is 1.22. The first-order chi connectivity index (χ1) is 17.1. The molecule has 8 heteroatoms. The highest BCUT2D eigenvalue weighted by molar-refractivity contribution is 6.15. The van der Waals surface area contributed by atoms with Gasteiger partial charge in [0, 0.05) is 42.4 Å². The fourth-order valence-electron chi connectivity index (χ4n) is 5.54. The Kier molecular flexibility index (Phi) is 5.60. The number of amides is 1. The molecule has 0 spiro atoms. The molecule has 0 unspecified atom stereocenters. The van der Waals surface area contributed by atoms with Crippen molar-refractivity contribution < 1.29 is 13.6 Å². The number of aliphatic imine (C=N–C) groups is 1. The number of aromatic nitrogens is 2. The molecule has 4 heterocycles. The molecule has 178 valence electrons. The largest absolute Gasteiger partial charge is 0.334 e. The molecule has 6 nitrogen and oxygen atoms in total. The monoisotopic (exact) mass is 473 g/mol. The summed E-state index contributed by atoms with van der Waals surface area (Å²) in [7, 11) is 0. The van der Waals surface area contributed by atoms with E-state index in [0.717, 1.165) is 52.9 Å². The normalized spacial score (nSPS) is 19.9. The second-order valence-electron chi connectivity index (χ2n) is 9.50. The first kappa shape index (κ1) is 22.0. The summed E-state index contributed by atoms with van der Waals surface area (Å²) in [5.74, 6) is -0.935. The number of benzene rings is 2. The number of carbonyl (C=O) groups excluding carboxylic acids is 1. The summed E-state index contributed by atoms with van der Waals surface area (Å²) in [6.45, 7) is 2.71. The standard InChI is InChI=1S/C27H25F2N5O/c28-24-4-1-5-25(29)23(24)16-33-8-2-3-21(15-33)34-14-20-10-22-19(9-18(20)11-26(34)35)12-30-27(22)17-6-7-31-32-13-17/h1,4-7,9-10,13,21H,2-3,8,11-12,14-16H2/t21-/m1/s1. The van der Waals surface area contributed by atoms with E-state index in [1.165, 1.54) is 18.2 Å². The van der Waals surface area contributed by atoms with Crippen LogP contribution in [0, 0.1) is 11.6 Å². The van der Waals surface area contributed by atoms with Crippen LogP contribution in [-0.4, -0.2) is 50.7 Å². The second kappa shape index (κ2) is 8.92. The highest BCUT2D eigenvalue weighted by Gasteiger charge is 2.33. The van der Waals surface area contributed by atoms with Crippen molar-refractivity contribution in [2.24, 2.45) is 4.99 Å². The van der Waals surface area contributed by atoms with Crippen molar-refractivity contribution in [3.8, 4) is 0 Å². The summed E-state index contributed by atoms with van der Waals surface area (Å²) in [6, 6.07) is 10.2. The van der Waals surface area contributed by atoms with E-state index in [1.807, 2.05) is 11.0 Å². The van der Waals surface area contributed by atoms with Crippen molar-refractivity contribution >= 4 is 11.6 Å². The predicted octanol–water partition coefficient (Wildman–Crippen LogP) is 3.66. The van der Waals surface area contributed by atoms with Crippen molar-refractivity contribution in [2.75, 3.05) is 13.1 Å². The second-order valence-corrected chi connectivity index (χ2v) is 9.50. The van der Waals surface area contributed by atoms with Gasteiger partial charge in [-0.1, -0.05) is 12.1 Å². The van der Waals surface area contributed by atoms with E-state index in [0.29, 0.717) is 26.1 Å². The highest BCUT2D eigenvalue weighted by Crippen LogP contribution is 2.32. The Morgan fingerprint density at radius 2 is 1.89 bits per heavy atom. The van der Waals surface area contributed by atoms with E-state index < -0.39 is 11.6 Å². The van der Waals surface area contributed by atoms with Gasteiger partial charge < -0.3 is 4.90 Å². The van der Waals surface area contributed by atoms with Gasteiger partial charge in [-0.2, -0.15) is 10.2 Å². The molecule has 3 aliphatic heterocycles. The van der Waals surface area contributed by atoms with Crippen molar-refractivity contribution in [1.29, 1.82) is 0 Å². The molecule has 3 aromatic rings. The molecule has 6 rings (SSSR count). The minimum atomic E-state index is -0.522. The van der Waals surface area contributed by atoms with E-state index >= 15 is 0 Å². The number of rotatable bonds is 4. The molecule has 1 fully saturated rings. The van der Waals surface area contributed by atoms with E-state index in [2.05, 4.69) is 27.2 Å². The zero-order valence-electron chi connectivity index (χ0n) is 19.3. The first-order valence-corrected chi connectivity index (χ1v) is 12.0. The molecule has 1 aromatic heterocycles. The van der Waals surface area contributed by atoms with Gasteiger partial charge in [0.15, 0.2) is 0 Å². The third-order valence-corrected chi connectivity index (χ3v) is 7.31. The summed E-state index contributed by atoms with van der Waals surface area (Å²) in [5.41, 5.74) is 6.37. The number of hydrogen-bond donors (Lipinski definition) is 0. The number of fused-ring (bicyclic) bond motifs is 2. The fraction of sp³-hybridized carbons (Fsp3) is 0.333. The van der Waals surface area contributed by atoms with Crippen LogP contribution >= 0.6 is 0 Å². The number of carbonyl (C=O) groups is 1. The third kappa shape index (κ3) is 4.12. The topological polar surface area (TPSA) is 61.7 Å². The highest BCUT2D eigenvalue weighted by atomic mass is 19.1. The average Bonchev–Trinajstić information content (AvgIpc) is 3.28. The van der Waals surface area contributed by atoms with Gasteiger partial charge in [0.1, 0.15) is 11.6 Å². The van der Waals surface area contributed by atoms with Crippen LogP contribution < -0.4 is 0 Å². The van der Waals surface area contributed by atoms with Gasteiger partial charge in [0.25, 0.3) is 0 Å². The zero-order valence-corrected chi connectivity index (χ0v) is 19.3. The predicted molar refractivity (Wildman–Crippen MR) is 127 cm³/mol. The quantitative estimate of drug-likeness (QED) is 0.580. The Labute approximate surface area is 202 Å². The van der Waals surface area contributed by atoms with Crippen molar-refractivity contribution in [3.05, 3.63) is 93.8 Å². The number of hydrogen-bond acceptors (Lipinski definition) is 5. The summed E-state index contributed by atoms with van der Waals surface area (Å²) in [6.07, 6.45) is 5.52. The van der Waals surface area contributed by atoms with Gasteiger partial charge in [-0.05, 0) is 60.3 Å². The Morgan fingerprint density at radius 3 is 2.69 bits per heavy atom. The SMILES string of the molecule is O=C1Cc2cc3c(cc2CN1[C@@H]1CCCN(Cc2c(F)cccc2F)C1)C(c1ccnnc1)=NC3. The lowest BCUT2D eigenvalue weighted by atomic mass is 9.90. The zero-order chi connectivity index (χ0) is 23.9. The van der Waals surface area contributed by atoms with E-state index in [-0.39, 0.29) is 24.1 Å². The molecule has 0 radical (unpaired) electrons. The summed E-state index contributed by atoms with van der Waals surface area (Å²) < 4.78 is 28.4. The number of likely N-dealkylation sites (tertiary alicyclic amines) is 1. The summed E-state index contributed by atoms with van der Waals surface area (Å²) >= 11 is 0. The maximum atomic E-state index is 14.2. The van der Waals surface area contributed by atoms with Crippen LogP contribution in [-0.2, 0) is 30.8 Å². The third-order valence-electron chi connectivity index (χ3n) is 7.31. The fourth-order valence-corrected chi connectivity index (χ4v) is 5.54. The molecule has 35 heavy (non-hydrogen) atoms. The lowest BCUT2D eigenvalue weighted by molar-refractivity contribution is -0.135. The number of halogens is 2. The lowest BCUT2D eigenvalue weighted by Gasteiger charge is -2.41. The molecule has 0 aliphatic carbocycles. The van der Waals surface area contributed by atoms with Crippen LogP contribution in [0.4, 0.5) is 8.78 Å². The number of piperidine rings is 1. The summed E-state index contributed by atoms with van der Waals surface area (Å²) in [4.78, 5) is 21.9. The first-order valence-electron chi connectivity index (χ1n) is 12.0. The van der Waals surface area contributed by atoms with E-state index in [1.54, 1.807) is 12.4 Å². The molecule has 1 atom stereocenters. The molecule has 2 aromatic carbocycles. The number of nitrogens with zero attached hydrogens (tertiary/aromatic N) is 5. The lowest BCUT2D eigenvalue weighted by Crippen LogP contribution is -2.51. The molecular weight excluding hydrogens is 448 g/mol. The molecule has 0 saturated carbocycles. The van der Waals surface area contributed by atoms with Crippen LogP contribution in [0.15, 0.2) is 53.8 Å². The van der Waals surface area contributed by atoms with E-state index in [9.17, 15) is 13.6 Å². The smallest absolute Gasteiger partial charge is 0.227 e. The van der Waals surface area contributed by atoms with Crippen LogP contribution in [0.2, 0.25) is 0 Å². The van der Waals surface area contributed by atoms with Gasteiger partial charge in [-0.25, -0.2) is 8.78 Å². The average molecular weight is 474 g/mol. The van der Waals surface area contributed by atoms with Gasteiger partial charge in [0.2, 0.25) is 5.91 Å². The van der Waals surface area contributed by atoms with Crippen LogP contribution in [0.3, 0.4) is 0 Å². The van der Waals surface area contributed by atoms with Crippen LogP contribution in [0.25, 0.3) is 0 Å². The minimum Gasteiger partial charge on any atom is -0.334 e. The Morgan fingerprint density at radius 1 is 1.03 bits per heavy atom. The van der Waals surface area contributed by atoms with Crippen LogP contribution in [0.1, 0.15) is 46.2 Å². The molecule has 3 aliphatic rings. The van der Waals surface area contributed by atoms with Crippen LogP contribution in [0.5, 0.6) is 0 Å². The molecule has 0 bridgehead atoms. The van der Waals surface area contributed by atoms with Gasteiger partial charge in [0.05, 0.1) is 31.1 Å². The molecule has 1 amide bonds. The van der Waals surface area contributed by atoms with Crippen molar-refractivity contribution in [2.45, 2.75) is 44.9 Å². The van der Waals surface area contributed by atoms with Gasteiger partial charge in [-0.15, -0.1) is 0 Å². The van der Waals surface area contributed by atoms with Gasteiger partial charge in [-0.3, -0.25) is 14.7 Å². The molecular formula is C27H25F2N5O. The summed E-state index contributed by atoms with van der Waals surface area (Å²) in [5, 5.41) is 7.85. The molecule has 0 N–H and O–H groups in total. The maximum absolute atomic E-state index is 14.2. The van der Waals surface area contributed by atoms with Crippen molar-refractivity contribution in [1.82, 2.24) is 20.0 Å². The van der Waals surface area contributed by atoms with Gasteiger partial charge >= 0.3 is 0 Å². The minimum absolute atomic E-state index is 0.0185. The molecule has 1 saturated heterocycles. The Bertz CT molecular complexity index is 1310. The van der Waals surface area contributed by atoms with Crippen molar-refractivity contribution in [3.63, 3.8) is 0 Å². The Hall–Kier alpha value is -3.52.